The Labute approximate surface area is 147 Å². The van der Waals surface area contributed by atoms with Crippen LogP contribution in [0.5, 0.6) is 0 Å². The summed E-state index contributed by atoms with van der Waals surface area (Å²) in [5, 5.41) is 3.37. The van der Waals surface area contributed by atoms with Crippen molar-refractivity contribution < 1.29 is 9.59 Å². The summed E-state index contributed by atoms with van der Waals surface area (Å²) in [6, 6.07) is 14.5. The predicted molar refractivity (Wildman–Crippen MR) is 94.7 cm³/mol. The van der Waals surface area contributed by atoms with Gasteiger partial charge in [0.05, 0.1) is 22.3 Å². The Kier molecular flexibility index (Phi) is 4.68. The molecule has 1 aliphatic rings. The van der Waals surface area contributed by atoms with Crippen molar-refractivity contribution in [3.8, 4) is 0 Å². The van der Waals surface area contributed by atoms with E-state index >= 15 is 0 Å². The molecule has 1 aliphatic heterocycles. The summed E-state index contributed by atoms with van der Waals surface area (Å²) in [6.45, 7) is 0.332. The zero-order valence-electron chi connectivity index (χ0n) is 12.1. The number of carbonyl (C=O) groups excluding carboxylic acids is 2. The van der Waals surface area contributed by atoms with Crippen LogP contribution in [0.25, 0.3) is 0 Å². The Morgan fingerprint density at radius 1 is 1.17 bits per heavy atom. The maximum atomic E-state index is 12.4. The van der Waals surface area contributed by atoms with Crippen molar-refractivity contribution in [2.45, 2.75) is 6.42 Å². The van der Waals surface area contributed by atoms with Crippen LogP contribution in [0.15, 0.2) is 53.0 Å². The number of benzene rings is 2. The summed E-state index contributed by atoms with van der Waals surface area (Å²) >= 11 is 9.54. The first kappa shape index (κ1) is 16.0. The molecule has 0 aromatic heterocycles. The maximum Gasteiger partial charge on any atom is 0.229 e. The highest BCUT2D eigenvalue weighted by atomic mass is 79.9. The van der Waals surface area contributed by atoms with Crippen LogP contribution < -0.4 is 10.2 Å². The van der Waals surface area contributed by atoms with Crippen LogP contribution in [-0.2, 0) is 9.59 Å². The molecular weight excluding hydrogens is 380 g/mol. The van der Waals surface area contributed by atoms with Crippen molar-refractivity contribution >= 4 is 50.7 Å². The van der Waals surface area contributed by atoms with Crippen LogP contribution in [0, 0.1) is 5.92 Å². The van der Waals surface area contributed by atoms with Crippen LogP contribution in [0.3, 0.4) is 0 Å². The normalized spacial score (nSPS) is 17.4. The lowest BCUT2D eigenvalue weighted by Gasteiger charge is -2.18. The van der Waals surface area contributed by atoms with Crippen LogP contribution in [0.2, 0.25) is 5.02 Å². The maximum absolute atomic E-state index is 12.4. The second-order valence-corrected chi connectivity index (χ2v) is 6.59. The third-order valence-corrected chi connectivity index (χ3v) is 4.78. The van der Waals surface area contributed by atoms with E-state index in [4.69, 9.17) is 11.6 Å². The minimum atomic E-state index is -0.397. The van der Waals surface area contributed by atoms with Gasteiger partial charge in [0.2, 0.25) is 11.8 Å². The van der Waals surface area contributed by atoms with Crippen molar-refractivity contribution in [3.05, 3.63) is 58.0 Å². The molecule has 2 aromatic rings. The first-order valence-corrected chi connectivity index (χ1v) is 8.33. The molecule has 2 aromatic carbocycles. The molecular formula is C17H14BrClN2O2. The van der Waals surface area contributed by atoms with Crippen molar-refractivity contribution in [2.75, 3.05) is 16.8 Å². The minimum absolute atomic E-state index is 0.0922. The van der Waals surface area contributed by atoms with E-state index in [0.717, 1.165) is 4.47 Å². The molecule has 0 bridgehead atoms. The quantitative estimate of drug-likeness (QED) is 0.854. The van der Waals surface area contributed by atoms with Gasteiger partial charge in [0.25, 0.3) is 0 Å². The van der Waals surface area contributed by atoms with Crippen molar-refractivity contribution in [2.24, 2.45) is 5.92 Å². The lowest BCUT2D eigenvalue weighted by molar-refractivity contribution is -0.122. The van der Waals surface area contributed by atoms with Crippen molar-refractivity contribution in [3.63, 3.8) is 0 Å². The Morgan fingerprint density at radius 2 is 1.87 bits per heavy atom. The van der Waals surface area contributed by atoms with E-state index in [1.54, 1.807) is 17.0 Å². The number of amides is 2. The van der Waals surface area contributed by atoms with E-state index in [2.05, 4.69) is 21.2 Å². The van der Waals surface area contributed by atoms with Gasteiger partial charge in [-0.1, -0.05) is 35.9 Å². The number of halogens is 2. The molecule has 6 heteroatoms. The molecule has 0 spiro atoms. The summed E-state index contributed by atoms with van der Waals surface area (Å²) in [6.07, 6.45) is 0.182. The highest BCUT2D eigenvalue weighted by Gasteiger charge is 2.35. The van der Waals surface area contributed by atoms with Crippen LogP contribution in [0.4, 0.5) is 11.4 Å². The Balaban J connectivity index is 1.74. The zero-order valence-corrected chi connectivity index (χ0v) is 14.5. The van der Waals surface area contributed by atoms with Gasteiger partial charge in [-0.2, -0.15) is 0 Å². The molecule has 2 amide bonds. The number of anilines is 2. The summed E-state index contributed by atoms with van der Waals surface area (Å²) in [5.74, 6) is -0.656. The zero-order chi connectivity index (χ0) is 16.4. The number of rotatable bonds is 3. The van der Waals surface area contributed by atoms with Gasteiger partial charge < -0.3 is 10.2 Å². The molecule has 1 unspecified atom stereocenters. The number of nitrogens with zero attached hydrogens (tertiary/aromatic N) is 1. The summed E-state index contributed by atoms with van der Waals surface area (Å²) in [5.41, 5.74) is 1.34. The van der Waals surface area contributed by atoms with E-state index in [0.29, 0.717) is 22.9 Å². The second kappa shape index (κ2) is 6.72. The van der Waals surface area contributed by atoms with Gasteiger partial charge in [-0.25, -0.2) is 0 Å². The Hall–Kier alpha value is -1.85. The van der Waals surface area contributed by atoms with Gasteiger partial charge in [-0.3, -0.25) is 9.59 Å². The van der Waals surface area contributed by atoms with Gasteiger partial charge in [-0.15, -0.1) is 0 Å². The monoisotopic (exact) mass is 392 g/mol. The number of carbonyl (C=O) groups is 2. The lowest BCUT2D eigenvalue weighted by Crippen LogP contribution is -2.28. The van der Waals surface area contributed by atoms with E-state index in [1.165, 1.54) is 0 Å². The SMILES string of the molecule is O=C(Nc1ccccc1Br)C1CC(=O)N(c2ccccc2Cl)C1. The van der Waals surface area contributed by atoms with E-state index in [1.807, 2.05) is 36.4 Å². The third kappa shape index (κ3) is 3.41. The Bertz CT molecular complexity index is 766. The average Bonchev–Trinajstić information content (AvgIpc) is 2.92. The first-order chi connectivity index (χ1) is 11.1. The van der Waals surface area contributed by atoms with Gasteiger partial charge in [0, 0.05) is 17.4 Å². The van der Waals surface area contributed by atoms with E-state index < -0.39 is 5.92 Å². The molecule has 1 saturated heterocycles. The minimum Gasteiger partial charge on any atom is -0.325 e. The molecule has 118 valence electrons. The van der Waals surface area contributed by atoms with E-state index in [-0.39, 0.29) is 18.2 Å². The summed E-state index contributed by atoms with van der Waals surface area (Å²) < 4.78 is 0.806. The fourth-order valence-electron chi connectivity index (χ4n) is 2.58. The molecule has 0 aliphatic carbocycles. The predicted octanol–water partition coefficient (Wildman–Crippen LogP) is 4.09. The number of nitrogens with one attached hydrogen (secondary N) is 1. The van der Waals surface area contributed by atoms with Gasteiger partial charge in [0.15, 0.2) is 0 Å². The highest BCUT2D eigenvalue weighted by Crippen LogP contribution is 2.31. The molecule has 1 heterocycles. The van der Waals surface area contributed by atoms with Crippen molar-refractivity contribution in [1.82, 2.24) is 0 Å². The smallest absolute Gasteiger partial charge is 0.229 e. The Morgan fingerprint density at radius 3 is 2.61 bits per heavy atom. The molecule has 1 atom stereocenters. The molecule has 1 N–H and O–H groups in total. The lowest BCUT2D eigenvalue weighted by atomic mass is 10.1. The molecule has 23 heavy (non-hydrogen) atoms. The molecule has 3 rings (SSSR count). The fraction of sp³-hybridized carbons (Fsp3) is 0.176. The molecule has 0 radical (unpaired) electrons. The third-order valence-electron chi connectivity index (χ3n) is 3.77. The second-order valence-electron chi connectivity index (χ2n) is 5.33. The van der Waals surface area contributed by atoms with Crippen LogP contribution >= 0.6 is 27.5 Å². The molecule has 4 nitrogen and oxygen atoms in total. The molecule has 0 saturated carbocycles. The first-order valence-electron chi connectivity index (χ1n) is 7.16. The largest absolute Gasteiger partial charge is 0.325 e. The summed E-state index contributed by atoms with van der Waals surface area (Å²) in [4.78, 5) is 26.2. The van der Waals surface area contributed by atoms with Crippen LogP contribution in [0.1, 0.15) is 6.42 Å². The van der Waals surface area contributed by atoms with Gasteiger partial charge in [0.1, 0.15) is 0 Å². The molecule has 1 fully saturated rings. The number of hydrogen-bond acceptors (Lipinski definition) is 2. The topological polar surface area (TPSA) is 49.4 Å². The summed E-state index contributed by atoms with van der Waals surface area (Å²) in [7, 11) is 0. The van der Waals surface area contributed by atoms with Crippen LogP contribution in [-0.4, -0.2) is 18.4 Å². The van der Waals surface area contributed by atoms with E-state index in [9.17, 15) is 9.59 Å². The average molecular weight is 394 g/mol. The standard InChI is InChI=1S/C17H14BrClN2O2/c18-12-5-1-3-7-14(12)20-17(23)11-9-16(22)21(10-11)15-8-4-2-6-13(15)19/h1-8,11H,9-10H2,(H,20,23). The van der Waals surface area contributed by atoms with Gasteiger partial charge in [-0.05, 0) is 40.2 Å². The van der Waals surface area contributed by atoms with Crippen molar-refractivity contribution in [1.29, 1.82) is 0 Å². The number of para-hydroxylation sites is 2. The highest BCUT2D eigenvalue weighted by molar-refractivity contribution is 9.10. The van der Waals surface area contributed by atoms with Gasteiger partial charge >= 0.3 is 0 Å². The fourth-order valence-corrected chi connectivity index (χ4v) is 3.21. The number of hydrogen-bond donors (Lipinski definition) is 1.